The molecule has 5 heteroatoms. The lowest BCUT2D eigenvalue weighted by Crippen LogP contribution is -2.32. The van der Waals surface area contributed by atoms with Crippen LogP contribution in [0.5, 0.6) is 0 Å². The molecule has 13 heavy (non-hydrogen) atoms. The number of nitrogens with zero attached hydrogens (tertiary/aromatic N) is 1. The number of carbonyl (C=O) groups excluding carboxylic acids is 2. The standard InChI is InChI=1S/C8H13NO4/c10-4-6-13-5-3-9-7(11)1-2-8(9)12/h10H,1-6H2. The maximum Gasteiger partial charge on any atom is 0.229 e. The average molecular weight is 187 g/mol. The molecule has 0 atom stereocenters. The minimum atomic E-state index is -0.127. The lowest BCUT2D eigenvalue weighted by molar-refractivity contribution is -0.139. The van der Waals surface area contributed by atoms with Crippen molar-refractivity contribution in [3.05, 3.63) is 0 Å². The normalized spacial score (nSPS) is 17.2. The van der Waals surface area contributed by atoms with E-state index in [-0.39, 0.29) is 25.0 Å². The van der Waals surface area contributed by atoms with Gasteiger partial charge < -0.3 is 9.84 Å². The monoisotopic (exact) mass is 187 g/mol. The van der Waals surface area contributed by atoms with E-state index < -0.39 is 0 Å². The minimum absolute atomic E-state index is 0.0398. The fraction of sp³-hybridized carbons (Fsp3) is 0.750. The Morgan fingerprint density at radius 3 is 2.38 bits per heavy atom. The van der Waals surface area contributed by atoms with Crippen molar-refractivity contribution in [1.82, 2.24) is 4.90 Å². The van der Waals surface area contributed by atoms with E-state index in [1.807, 2.05) is 0 Å². The number of amides is 2. The number of imide groups is 1. The third kappa shape index (κ3) is 2.78. The lowest BCUT2D eigenvalue weighted by atomic mass is 10.4. The van der Waals surface area contributed by atoms with E-state index in [4.69, 9.17) is 9.84 Å². The van der Waals surface area contributed by atoms with Gasteiger partial charge in [0, 0.05) is 12.8 Å². The Labute approximate surface area is 76.3 Å². The summed E-state index contributed by atoms with van der Waals surface area (Å²) in [7, 11) is 0. The maximum atomic E-state index is 11.0. The van der Waals surface area contributed by atoms with Crippen molar-refractivity contribution < 1.29 is 19.4 Å². The van der Waals surface area contributed by atoms with Crippen LogP contribution in [0, 0.1) is 0 Å². The van der Waals surface area contributed by atoms with Crippen LogP contribution in [-0.2, 0) is 14.3 Å². The molecular weight excluding hydrogens is 174 g/mol. The molecule has 1 aliphatic heterocycles. The number of aliphatic hydroxyl groups excluding tert-OH is 1. The smallest absolute Gasteiger partial charge is 0.229 e. The van der Waals surface area contributed by atoms with Gasteiger partial charge in [0.1, 0.15) is 0 Å². The van der Waals surface area contributed by atoms with Gasteiger partial charge in [-0.2, -0.15) is 0 Å². The molecule has 1 saturated heterocycles. The van der Waals surface area contributed by atoms with Gasteiger partial charge in [-0.25, -0.2) is 0 Å². The topological polar surface area (TPSA) is 66.8 Å². The lowest BCUT2D eigenvalue weighted by Gasteiger charge is -2.12. The van der Waals surface area contributed by atoms with Crippen molar-refractivity contribution in [2.45, 2.75) is 12.8 Å². The van der Waals surface area contributed by atoms with Crippen molar-refractivity contribution in [3.63, 3.8) is 0 Å². The first-order chi connectivity index (χ1) is 6.25. The summed E-state index contributed by atoms with van der Waals surface area (Å²) in [6, 6.07) is 0. The molecule has 1 N–H and O–H groups in total. The molecular formula is C8H13NO4. The second-order valence-electron chi connectivity index (χ2n) is 2.78. The number of hydrogen-bond donors (Lipinski definition) is 1. The van der Waals surface area contributed by atoms with Gasteiger partial charge in [0.25, 0.3) is 0 Å². The molecule has 1 fully saturated rings. The van der Waals surface area contributed by atoms with E-state index >= 15 is 0 Å². The largest absolute Gasteiger partial charge is 0.394 e. The predicted octanol–water partition coefficient (Wildman–Crippen LogP) is -0.856. The molecule has 2 amide bonds. The average Bonchev–Trinajstić information content (AvgIpc) is 2.42. The highest BCUT2D eigenvalue weighted by Gasteiger charge is 2.27. The summed E-state index contributed by atoms with van der Waals surface area (Å²) >= 11 is 0. The number of rotatable bonds is 5. The SMILES string of the molecule is O=C1CCC(=O)N1CCOCCO. The number of hydrogen-bond acceptors (Lipinski definition) is 4. The summed E-state index contributed by atoms with van der Waals surface area (Å²) in [5.74, 6) is -0.254. The minimum Gasteiger partial charge on any atom is -0.394 e. The van der Waals surface area contributed by atoms with Gasteiger partial charge >= 0.3 is 0 Å². The summed E-state index contributed by atoms with van der Waals surface area (Å²) in [5, 5.41) is 8.39. The Morgan fingerprint density at radius 1 is 1.23 bits per heavy atom. The van der Waals surface area contributed by atoms with Crippen LogP contribution in [0.15, 0.2) is 0 Å². The van der Waals surface area contributed by atoms with Crippen molar-refractivity contribution >= 4 is 11.8 Å². The zero-order valence-electron chi connectivity index (χ0n) is 7.36. The van der Waals surface area contributed by atoms with Crippen LogP contribution in [0.3, 0.4) is 0 Å². The first kappa shape index (κ1) is 10.1. The molecule has 74 valence electrons. The third-order valence-corrected chi connectivity index (χ3v) is 1.85. The Hall–Kier alpha value is -0.940. The zero-order chi connectivity index (χ0) is 9.68. The van der Waals surface area contributed by atoms with Crippen molar-refractivity contribution in [2.75, 3.05) is 26.4 Å². The van der Waals surface area contributed by atoms with Crippen LogP contribution in [0.4, 0.5) is 0 Å². The number of likely N-dealkylation sites (tertiary alicyclic amines) is 1. The molecule has 1 heterocycles. The fourth-order valence-corrected chi connectivity index (χ4v) is 1.19. The first-order valence-electron chi connectivity index (χ1n) is 4.27. The second-order valence-corrected chi connectivity index (χ2v) is 2.78. The summed E-state index contributed by atoms with van der Waals surface area (Å²) in [4.78, 5) is 23.3. The highest BCUT2D eigenvalue weighted by molar-refractivity contribution is 6.01. The molecule has 0 bridgehead atoms. The Balaban J connectivity index is 2.20. The fourth-order valence-electron chi connectivity index (χ4n) is 1.19. The van der Waals surface area contributed by atoms with Crippen molar-refractivity contribution in [1.29, 1.82) is 0 Å². The van der Waals surface area contributed by atoms with Crippen LogP contribution in [0.2, 0.25) is 0 Å². The molecule has 0 spiro atoms. The van der Waals surface area contributed by atoms with Crippen LogP contribution in [-0.4, -0.2) is 48.2 Å². The number of ether oxygens (including phenoxy) is 1. The molecule has 0 unspecified atom stereocenters. The summed E-state index contributed by atoms with van der Waals surface area (Å²) in [5.41, 5.74) is 0. The van der Waals surface area contributed by atoms with E-state index in [1.165, 1.54) is 4.90 Å². The quantitative estimate of drug-likeness (QED) is 0.449. The van der Waals surface area contributed by atoms with Crippen LogP contribution in [0.25, 0.3) is 0 Å². The summed E-state index contributed by atoms with van der Waals surface area (Å²) in [6.45, 7) is 0.813. The summed E-state index contributed by atoms with van der Waals surface area (Å²) in [6.07, 6.45) is 0.637. The number of carbonyl (C=O) groups is 2. The molecule has 0 aromatic carbocycles. The third-order valence-electron chi connectivity index (χ3n) is 1.85. The van der Waals surface area contributed by atoms with Gasteiger partial charge in [-0.05, 0) is 0 Å². The van der Waals surface area contributed by atoms with Crippen LogP contribution >= 0.6 is 0 Å². The highest BCUT2D eigenvalue weighted by Crippen LogP contribution is 2.10. The van der Waals surface area contributed by atoms with E-state index in [0.29, 0.717) is 26.0 Å². The molecule has 0 aromatic rings. The number of aliphatic hydroxyl groups is 1. The Morgan fingerprint density at radius 2 is 1.85 bits per heavy atom. The van der Waals surface area contributed by atoms with Gasteiger partial charge in [-0.3, -0.25) is 14.5 Å². The van der Waals surface area contributed by atoms with E-state index in [2.05, 4.69) is 0 Å². The molecule has 1 aliphatic rings. The maximum absolute atomic E-state index is 11.0. The van der Waals surface area contributed by atoms with Crippen LogP contribution < -0.4 is 0 Å². The Kier molecular flexibility index (Phi) is 3.85. The van der Waals surface area contributed by atoms with Crippen LogP contribution in [0.1, 0.15) is 12.8 Å². The van der Waals surface area contributed by atoms with Gasteiger partial charge in [0.15, 0.2) is 0 Å². The van der Waals surface area contributed by atoms with Gasteiger partial charge in [-0.15, -0.1) is 0 Å². The zero-order valence-corrected chi connectivity index (χ0v) is 7.36. The van der Waals surface area contributed by atoms with Crippen molar-refractivity contribution in [2.24, 2.45) is 0 Å². The van der Waals surface area contributed by atoms with E-state index in [0.717, 1.165) is 0 Å². The molecule has 0 radical (unpaired) electrons. The van der Waals surface area contributed by atoms with E-state index in [1.54, 1.807) is 0 Å². The molecule has 0 aliphatic carbocycles. The molecule has 0 saturated carbocycles. The predicted molar refractivity (Wildman–Crippen MR) is 43.9 cm³/mol. The van der Waals surface area contributed by atoms with Gasteiger partial charge in [0.2, 0.25) is 11.8 Å². The second kappa shape index (κ2) is 4.94. The Bertz CT molecular complexity index is 188. The van der Waals surface area contributed by atoms with Gasteiger partial charge in [0.05, 0.1) is 26.4 Å². The first-order valence-corrected chi connectivity index (χ1v) is 4.27. The molecule has 1 rings (SSSR count). The molecule has 0 aromatic heterocycles. The van der Waals surface area contributed by atoms with E-state index in [9.17, 15) is 9.59 Å². The highest BCUT2D eigenvalue weighted by atomic mass is 16.5. The van der Waals surface area contributed by atoms with Crippen molar-refractivity contribution in [3.8, 4) is 0 Å². The van der Waals surface area contributed by atoms with Gasteiger partial charge in [-0.1, -0.05) is 0 Å². The summed E-state index contributed by atoms with van der Waals surface area (Å²) < 4.78 is 4.95. The molecule has 5 nitrogen and oxygen atoms in total.